The van der Waals surface area contributed by atoms with Crippen LogP contribution in [-0.4, -0.2) is 0 Å². The normalized spacial score (nSPS) is 25.1. The summed E-state index contributed by atoms with van der Waals surface area (Å²) in [6.45, 7) is 14.0. The highest BCUT2D eigenvalue weighted by Gasteiger charge is 2.35. The van der Waals surface area contributed by atoms with Gasteiger partial charge in [-0.05, 0) is 108 Å². The second-order valence-electron chi connectivity index (χ2n) is 8.14. The molecule has 0 saturated heterocycles. The van der Waals surface area contributed by atoms with E-state index < -0.39 is 0 Å². The quantitative estimate of drug-likeness (QED) is 0.541. The molecule has 0 radical (unpaired) electrons. The van der Waals surface area contributed by atoms with E-state index in [0.29, 0.717) is 11.8 Å². The number of rotatable bonds is 0. The van der Waals surface area contributed by atoms with Crippen molar-refractivity contribution >= 4 is 11.1 Å². The Labute approximate surface area is 146 Å². The molecule has 0 spiro atoms. The minimum atomic E-state index is 0.628. The van der Waals surface area contributed by atoms with Crippen LogP contribution in [0.25, 0.3) is 11.1 Å². The largest absolute Gasteiger partial charge is 0.0587 e. The fraction of sp³-hybridized carbons (Fsp3) is 0.417. The van der Waals surface area contributed by atoms with Gasteiger partial charge in [0, 0.05) is 0 Å². The van der Waals surface area contributed by atoms with Crippen LogP contribution in [0.4, 0.5) is 0 Å². The molecule has 0 aliphatic heterocycles. The number of hydrogen-bond acceptors (Lipinski definition) is 0. The molecule has 0 N–H and O–H groups in total. The highest BCUT2D eigenvalue weighted by atomic mass is 14.4. The lowest BCUT2D eigenvalue weighted by Crippen LogP contribution is -2.01. The van der Waals surface area contributed by atoms with E-state index in [1.807, 2.05) is 0 Å². The van der Waals surface area contributed by atoms with Gasteiger partial charge in [-0.15, -0.1) is 0 Å². The fourth-order valence-electron chi connectivity index (χ4n) is 5.12. The minimum Gasteiger partial charge on any atom is -0.0587 e. The minimum absolute atomic E-state index is 0.628. The molecule has 24 heavy (non-hydrogen) atoms. The smallest absolute Gasteiger partial charge is 0.0140 e. The van der Waals surface area contributed by atoms with Crippen molar-refractivity contribution in [1.29, 1.82) is 0 Å². The van der Waals surface area contributed by atoms with E-state index in [2.05, 4.69) is 65.8 Å². The van der Waals surface area contributed by atoms with E-state index in [-0.39, 0.29) is 0 Å². The molecule has 0 heteroatoms. The van der Waals surface area contributed by atoms with Gasteiger partial charge in [0.1, 0.15) is 0 Å². The first-order valence-corrected chi connectivity index (χ1v) is 9.33. The second kappa shape index (κ2) is 5.34. The summed E-state index contributed by atoms with van der Waals surface area (Å²) in [6, 6.07) is 9.23. The molecule has 0 saturated carbocycles. The molecule has 0 amide bonds. The van der Waals surface area contributed by atoms with E-state index in [0.717, 1.165) is 0 Å². The van der Waals surface area contributed by atoms with Crippen LogP contribution in [-0.2, 0) is 12.8 Å². The van der Waals surface area contributed by atoms with E-state index in [1.54, 1.807) is 33.4 Å². The third-order valence-corrected chi connectivity index (χ3v) is 6.35. The van der Waals surface area contributed by atoms with Gasteiger partial charge < -0.3 is 0 Å². The lowest BCUT2D eigenvalue weighted by molar-refractivity contribution is 0.751. The Morgan fingerprint density at radius 3 is 1.29 bits per heavy atom. The fourth-order valence-corrected chi connectivity index (χ4v) is 5.12. The molecule has 0 bridgehead atoms. The SMILES string of the molecule is Cc1ccc(C)c2c1CC(C)/C2=C1/c2c(C)ccc(C)c2CC1C. The molecule has 0 fully saturated rings. The van der Waals surface area contributed by atoms with E-state index in [9.17, 15) is 0 Å². The molecular weight excluding hydrogens is 288 g/mol. The van der Waals surface area contributed by atoms with Gasteiger partial charge in [0.15, 0.2) is 0 Å². The summed E-state index contributed by atoms with van der Waals surface area (Å²) in [5.74, 6) is 1.26. The van der Waals surface area contributed by atoms with E-state index in [4.69, 9.17) is 0 Å². The molecule has 0 heterocycles. The van der Waals surface area contributed by atoms with Crippen molar-refractivity contribution in [2.45, 2.75) is 54.4 Å². The molecule has 2 aromatic rings. The average Bonchev–Trinajstić information content (AvgIpc) is 3.05. The molecule has 124 valence electrons. The zero-order valence-electron chi connectivity index (χ0n) is 15.9. The van der Waals surface area contributed by atoms with Gasteiger partial charge in [-0.3, -0.25) is 0 Å². The van der Waals surface area contributed by atoms with Crippen LogP contribution in [0, 0.1) is 39.5 Å². The van der Waals surface area contributed by atoms with Crippen LogP contribution in [0.2, 0.25) is 0 Å². The maximum Gasteiger partial charge on any atom is -0.0140 e. The second-order valence-corrected chi connectivity index (χ2v) is 8.14. The highest BCUT2D eigenvalue weighted by molar-refractivity contribution is 5.99. The molecule has 0 nitrogen and oxygen atoms in total. The van der Waals surface area contributed by atoms with Gasteiger partial charge in [0.05, 0.1) is 0 Å². The van der Waals surface area contributed by atoms with Crippen LogP contribution in [0.5, 0.6) is 0 Å². The third kappa shape index (κ3) is 2.05. The summed E-state index contributed by atoms with van der Waals surface area (Å²) in [6.07, 6.45) is 2.41. The summed E-state index contributed by atoms with van der Waals surface area (Å²) in [7, 11) is 0. The number of fused-ring (bicyclic) bond motifs is 2. The molecular formula is C24H28. The summed E-state index contributed by atoms with van der Waals surface area (Å²) < 4.78 is 0. The number of hydrogen-bond donors (Lipinski definition) is 0. The molecule has 2 aliphatic carbocycles. The zero-order chi connectivity index (χ0) is 17.2. The monoisotopic (exact) mass is 316 g/mol. The lowest BCUT2D eigenvalue weighted by atomic mass is 9.85. The summed E-state index contributed by atoms with van der Waals surface area (Å²) in [5.41, 5.74) is 15.4. The Bertz CT molecular complexity index is 806. The number of allylic oxidation sites excluding steroid dienone is 2. The first-order chi connectivity index (χ1) is 11.4. The summed E-state index contributed by atoms with van der Waals surface area (Å²) >= 11 is 0. The standard InChI is InChI=1S/C24H28/c1-13-7-9-15(3)21-19(13)11-17(5)23(21)24-18(6)12-20-14(2)8-10-16(4)22(20)24/h7-10,17-18H,11-12H2,1-6H3/b24-23-. The molecule has 2 unspecified atom stereocenters. The summed E-state index contributed by atoms with van der Waals surface area (Å²) in [4.78, 5) is 0. The Morgan fingerprint density at radius 1 is 0.583 bits per heavy atom. The predicted octanol–water partition coefficient (Wildman–Crippen LogP) is 6.22. The van der Waals surface area contributed by atoms with Crippen LogP contribution >= 0.6 is 0 Å². The average molecular weight is 316 g/mol. The Balaban J connectivity index is 2.08. The number of aryl methyl sites for hydroxylation is 4. The van der Waals surface area contributed by atoms with Gasteiger partial charge in [0.25, 0.3) is 0 Å². The van der Waals surface area contributed by atoms with Crippen LogP contribution < -0.4 is 0 Å². The van der Waals surface area contributed by atoms with E-state index >= 15 is 0 Å². The maximum absolute atomic E-state index is 2.43. The molecule has 2 aliphatic rings. The maximum atomic E-state index is 2.43. The lowest BCUT2D eigenvalue weighted by Gasteiger charge is -2.19. The van der Waals surface area contributed by atoms with Crippen LogP contribution in [0.3, 0.4) is 0 Å². The van der Waals surface area contributed by atoms with Gasteiger partial charge in [-0.25, -0.2) is 0 Å². The predicted molar refractivity (Wildman–Crippen MR) is 104 cm³/mol. The first kappa shape index (κ1) is 15.7. The molecule has 0 aromatic heterocycles. The Morgan fingerprint density at radius 2 is 0.917 bits per heavy atom. The topological polar surface area (TPSA) is 0 Å². The molecule has 4 rings (SSSR count). The van der Waals surface area contributed by atoms with Gasteiger partial charge >= 0.3 is 0 Å². The van der Waals surface area contributed by atoms with Crippen molar-refractivity contribution in [2.24, 2.45) is 11.8 Å². The van der Waals surface area contributed by atoms with Crippen LogP contribution in [0.1, 0.15) is 58.4 Å². The van der Waals surface area contributed by atoms with Crippen LogP contribution in [0.15, 0.2) is 24.3 Å². The Kier molecular flexibility index (Phi) is 3.49. The van der Waals surface area contributed by atoms with Crippen molar-refractivity contribution < 1.29 is 0 Å². The molecule has 2 atom stereocenters. The van der Waals surface area contributed by atoms with Crippen molar-refractivity contribution in [3.63, 3.8) is 0 Å². The summed E-state index contributed by atoms with van der Waals surface area (Å²) in [5, 5.41) is 0. The number of benzene rings is 2. The first-order valence-electron chi connectivity index (χ1n) is 9.33. The van der Waals surface area contributed by atoms with Crippen molar-refractivity contribution in [1.82, 2.24) is 0 Å². The Hall–Kier alpha value is -1.82. The van der Waals surface area contributed by atoms with Crippen molar-refractivity contribution in [2.75, 3.05) is 0 Å². The van der Waals surface area contributed by atoms with E-state index in [1.165, 1.54) is 35.1 Å². The van der Waals surface area contributed by atoms with Gasteiger partial charge in [0.2, 0.25) is 0 Å². The van der Waals surface area contributed by atoms with Crippen molar-refractivity contribution in [3.8, 4) is 0 Å². The van der Waals surface area contributed by atoms with Crippen molar-refractivity contribution in [3.05, 3.63) is 68.8 Å². The third-order valence-electron chi connectivity index (χ3n) is 6.35. The molecule has 2 aromatic carbocycles. The van der Waals surface area contributed by atoms with Gasteiger partial charge in [-0.1, -0.05) is 38.1 Å². The van der Waals surface area contributed by atoms with Gasteiger partial charge in [-0.2, -0.15) is 0 Å². The zero-order valence-corrected chi connectivity index (χ0v) is 15.9. The highest BCUT2D eigenvalue weighted by Crippen LogP contribution is 2.51.